The van der Waals surface area contributed by atoms with Crippen molar-refractivity contribution >= 4 is 11.8 Å². The molecule has 0 saturated carbocycles. The highest BCUT2D eigenvalue weighted by atomic mass is 16.5. The predicted molar refractivity (Wildman–Crippen MR) is 88.1 cm³/mol. The number of nitrogens with one attached hydrogen (secondary N) is 1. The van der Waals surface area contributed by atoms with Crippen LogP contribution in [-0.4, -0.2) is 36.7 Å². The van der Waals surface area contributed by atoms with Crippen LogP contribution in [0.25, 0.3) is 0 Å². The van der Waals surface area contributed by atoms with Crippen molar-refractivity contribution in [1.29, 1.82) is 0 Å². The van der Waals surface area contributed by atoms with E-state index in [9.17, 15) is 4.79 Å². The van der Waals surface area contributed by atoms with Crippen molar-refractivity contribution in [3.63, 3.8) is 0 Å². The third kappa shape index (κ3) is 3.80. The Morgan fingerprint density at radius 2 is 1.95 bits per heavy atom. The highest BCUT2D eigenvalue weighted by Gasteiger charge is 2.33. The van der Waals surface area contributed by atoms with Crippen molar-refractivity contribution in [3.05, 3.63) is 29.8 Å². The first kappa shape index (κ1) is 15.3. The quantitative estimate of drug-likeness (QED) is 0.923. The zero-order chi connectivity index (χ0) is 15.4. The van der Waals surface area contributed by atoms with Crippen LogP contribution in [0.4, 0.5) is 10.5 Å². The van der Waals surface area contributed by atoms with Crippen LogP contribution >= 0.6 is 0 Å². The van der Waals surface area contributed by atoms with E-state index in [4.69, 9.17) is 4.74 Å². The number of benzene rings is 1. The summed E-state index contributed by atoms with van der Waals surface area (Å²) >= 11 is 0. The fraction of sp³-hybridized carbons (Fsp3) is 0.611. The summed E-state index contributed by atoms with van der Waals surface area (Å²) < 4.78 is 5.49. The molecule has 1 amide bonds. The van der Waals surface area contributed by atoms with Crippen molar-refractivity contribution in [1.82, 2.24) is 4.90 Å². The minimum atomic E-state index is -0.336. The van der Waals surface area contributed by atoms with Gasteiger partial charge in [-0.25, -0.2) is 4.79 Å². The van der Waals surface area contributed by atoms with Gasteiger partial charge in [-0.05, 0) is 57.8 Å². The Morgan fingerprint density at radius 1 is 1.18 bits per heavy atom. The van der Waals surface area contributed by atoms with Crippen molar-refractivity contribution in [2.75, 3.05) is 25.0 Å². The number of ether oxygens (including phenoxy) is 1. The van der Waals surface area contributed by atoms with Crippen LogP contribution in [0.5, 0.6) is 0 Å². The highest BCUT2D eigenvalue weighted by molar-refractivity contribution is 5.84. The fourth-order valence-corrected chi connectivity index (χ4v) is 3.75. The average molecular weight is 302 g/mol. The first-order chi connectivity index (χ1) is 10.7. The number of hydrogen-bond acceptors (Lipinski definition) is 3. The topological polar surface area (TPSA) is 41.6 Å². The maximum atomic E-state index is 12.0. The summed E-state index contributed by atoms with van der Waals surface area (Å²) in [6, 6.07) is 8.39. The molecule has 4 nitrogen and oxygen atoms in total. The van der Waals surface area contributed by atoms with Gasteiger partial charge in [-0.15, -0.1) is 0 Å². The Hall–Kier alpha value is -1.55. The van der Waals surface area contributed by atoms with E-state index in [1.165, 1.54) is 50.8 Å². The van der Waals surface area contributed by atoms with E-state index in [0.29, 0.717) is 18.6 Å². The maximum absolute atomic E-state index is 12.0. The second-order valence-electron chi connectivity index (χ2n) is 6.59. The van der Waals surface area contributed by atoms with Gasteiger partial charge in [0, 0.05) is 17.6 Å². The predicted octanol–water partition coefficient (Wildman–Crippen LogP) is 3.81. The molecule has 1 aromatic carbocycles. The normalized spacial score (nSPS) is 25.3. The third-order valence-corrected chi connectivity index (χ3v) is 4.96. The van der Waals surface area contributed by atoms with Gasteiger partial charge >= 0.3 is 6.09 Å². The van der Waals surface area contributed by atoms with Gasteiger partial charge in [-0.3, -0.25) is 10.2 Å². The lowest BCUT2D eigenvalue weighted by atomic mass is 9.84. The first-order valence-corrected chi connectivity index (χ1v) is 8.47. The van der Waals surface area contributed by atoms with Crippen LogP contribution in [0.2, 0.25) is 0 Å². The lowest BCUT2D eigenvalue weighted by Crippen LogP contribution is -2.49. The summed E-state index contributed by atoms with van der Waals surface area (Å²) in [7, 11) is 0. The van der Waals surface area contributed by atoms with E-state index in [-0.39, 0.29) is 6.09 Å². The Balaban J connectivity index is 1.48. The Labute approximate surface area is 132 Å². The molecule has 2 saturated heterocycles. The molecule has 1 N–H and O–H groups in total. The molecule has 0 radical (unpaired) electrons. The van der Waals surface area contributed by atoms with E-state index in [0.717, 1.165) is 5.69 Å². The number of carbonyl (C=O) groups excluding carboxylic acids is 1. The van der Waals surface area contributed by atoms with Crippen molar-refractivity contribution in [2.45, 2.75) is 45.1 Å². The van der Waals surface area contributed by atoms with Gasteiger partial charge in [-0.2, -0.15) is 0 Å². The third-order valence-electron chi connectivity index (χ3n) is 4.96. The van der Waals surface area contributed by atoms with Crippen LogP contribution in [0.3, 0.4) is 0 Å². The van der Waals surface area contributed by atoms with E-state index in [2.05, 4.69) is 10.2 Å². The summed E-state index contributed by atoms with van der Waals surface area (Å²) in [5, 5.41) is 2.81. The number of amides is 1. The van der Waals surface area contributed by atoms with Gasteiger partial charge in [0.25, 0.3) is 0 Å². The van der Waals surface area contributed by atoms with Gasteiger partial charge in [0.1, 0.15) is 0 Å². The number of fused-ring (bicyclic) bond motifs is 1. The molecule has 4 heteroatoms. The molecule has 22 heavy (non-hydrogen) atoms. The molecule has 2 aliphatic rings. The van der Waals surface area contributed by atoms with E-state index < -0.39 is 0 Å². The van der Waals surface area contributed by atoms with Gasteiger partial charge < -0.3 is 4.74 Å². The molecular formula is C18H26N2O2. The number of piperidine rings is 2. The number of carbonyl (C=O) groups is 1. The minimum Gasteiger partial charge on any atom is -0.449 e. The average Bonchev–Trinajstić information content (AvgIpc) is 2.55. The smallest absolute Gasteiger partial charge is 0.411 e. The first-order valence-electron chi connectivity index (χ1n) is 8.47. The maximum Gasteiger partial charge on any atom is 0.411 e. The van der Waals surface area contributed by atoms with Crippen LogP contribution in [0, 0.1) is 12.8 Å². The zero-order valence-corrected chi connectivity index (χ0v) is 13.4. The number of rotatable bonds is 3. The van der Waals surface area contributed by atoms with Crippen molar-refractivity contribution < 1.29 is 9.53 Å². The molecule has 3 rings (SSSR count). The molecular weight excluding hydrogens is 276 g/mol. The van der Waals surface area contributed by atoms with Crippen LogP contribution in [0.1, 0.15) is 37.7 Å². The molecule has 2 fully saturated rings. The largest absolute Gasteiger partial charge is 0.449 e. The molecule has 2 heterocycles. The van der Waals surface area contributed by atoms with Gasteiger partial charge in [0.05, 0.1) is 6.61 Å². The van der Waals surface area contributed by atoms with Gasteiger partial charge in [0.15, 0.2) is 0 Å². The molecule has 0 spiro atoms. The second-order valence-corrected chi connectivity index (χ2v) is 6.59. The summed E-state index contributed by atoms with van der Waals surface area (Å²) in [6.07, 6.45) is 5.96. The van der Waals surface area contributed by atoms with Crippen LogP contribution in [0.15, 0.2) is 24.3 Å². The number of nitrogens with zero attached hydrogens (tertiary/aromatic N) is 1. The molecule has 2 unspecified atom stereocenters. The fourth-order valence-electron chi connectivity index (χ4n) is 3.75. The molecule has 120 valence electrons. The number of hydrogen-bond donors (Lipinski definition) is 1. The standard InChI is InChI=1S/C18H26N2O2/c1-14-7-9-16(10-8-14)19-18(21)22-13-15-5-4-12-20-11-3-2-6-17(15)20/h7-10,15,17H,2-6,11-13H2,1H3,(H,19,21). The van der Waals surface area contributed by atoms with Gasteiger partial charge in [-0.1, -0.05) is 24.1 Å². The number of anilines is 1. The lowest BCUT2D eigenvalue weighted by Gasteiger charge is -2.44. The molecule has 0 aliphatic carbocycles. The molecule has 0 aromatic heterocycles. The summed E-state index contributed by atoms with van der Waals surface area (Å²) in [5.74, 6) is 0.498. The van der Waals surface area contributed by atoms with Crippen LogP contribution in [-0.2, 0) is 4.74 Å². The van der Waals surface area contributed by atoms with Crippen molar-refractivity contribution in [2.24, 2.45) is 5.92 Å². The highest BCUT2D eigenvalue weighted by Crippen LogP contribution is 2.31. The minimum absolute atomic E-state index is 0.336. The lowest BCUT2D eigenvalue weighted by molar-refractivity contribution is 0.0261. The molecule has 2 atom stereocenters. The van der Waals surface area contributed by atoms with E-state index in [1.807, 2.05) is 31.2 Å². The van der Waals surface area contributed by atoms with Crippen LogP contribution < -0.4 is 5.32 Å². The van der Waals surface area contributed by atoms with Gasteiger partial charge in [0.2, 0.25) is 0 Å². The monoisotopic (exact) mass is 302 g/mol. The molecule has 1 aromatic rings. The number of aryl methyl sites for hydroxylation is 1. The Bertz CT molecular complexity index is 498. The summed E-state index contributed by atoms with van der Waals surface area (Å²) in [6.45, 7) is 5.01. The second kappa shape index (κ2) is 7.14. The Morgan fingerprint density at radius 3 is 2.77 bits per heavy atom. The zero-order valence-electron chi connectivity index (χ0n) is 13.4. The molecule has 0 bridgehead atoms. The van der Waals surface area contributed by atoms with Crippen molar-refractivity contribution in [3.8, 4) is 0 Å². The SMILES string of the molecule is Cc1ccc(NC(=O)OCC2CCCN3CCCCC23)cc1. The van der Waals surface area contributed by atoms with E-state index in [1.54, 1.807) is 0 Å². The summed E-state index contributed by atoms with van der Waals surface area (Å²) in [5.41, 5.74) is 1.97. The summed E-state index contributed by atoms with van der Waals surface area (Å²) in [4.78, 5) is 14.5. The van der Waals surface area contributed by atoms with E-state index >= 15 is 0 Å². The Kier molecular flexibility index (Phi) is 4.98. The molecule has 2 aliphatic heterocycles.